The van der Waals surface area contributed by atoms with E-state index in [9.17, 15) is 9.59 Å². The second-order valence-electron chi connectivity index (χ2n) is 6.93. The van der Waals surface area contributed by atoms with Crippen LogP contribution in [0.4, 0.5) is 4.79 Å². The van der Waals surface area contributed by atoms with Crippen molar-refractivity contribution in [3.63, 3.8) is 0 Å². The maximum atomic E-state index is 12.1. The van der Waals surface area contributed by atoms with E-state index in [0.29, 0.717) is 19.6 Å². The van der Waals surface area contributed by atoms with Crippen LogP contribution < -0.4 is 16.0 Å². The van der Waals surface area contributed by atoms with Gasteiger partial charge in [-0.3, -0.25) is 4.79 Å². The van der Waals surface area contributed by atoms with Gasteiger partial charge in [-0.15, -0.1) is 0 Å². The van der Waals surface area contributed by atoms with E-state index in [1.165, 1.54) is 5.56 Å². The molecule has 0 saturated heterocycles. The van der Waals surface area contributed by atoms with Gasteiger partial charge in [-0.05, 0) is 31.1 Å². The summed E-state index contributed by atoms with van der Waals surface area (Å²) in [6, 6.07) is 7.76. The van der Waals surface area contributed by atoms with Gasteiger partial charge in [0.15, 0.2) is 0 Å². The number of allylic oxidation sites excluding steroid dienone is 4. The smallest absolute Gasteiger partial charge is 0.319 e. The Morgan fingerprint density at radius 3 is 2.64 bits per heavy atom. The molecule has 6 heteroatoms. The zero-order valence-electron chi connectivity index (χ0n) is 16.7. The number of carbonyl (C=O) groups excluding carboxylic acids is 2. The molecule has 1 atom stereocenters. The topological polar surface area (TPSA) is 79.5 Å². The molecule has 1 aromatic carbocycles. The summed E-state index contributed by atoms with van der Waals surface area (Å²) in [6.07, 6.45) is 8.44. The van der Waals surface area contributed by atoms with Crippen LogP contribution in [0.1, 0.15) is 30.9 Å². The zero-order valence-corrected chi connectivity index (χ0v) is 16.7. The van der Waals surface area contributed by atoms with Crippen LogP contribution in [0.25, 0.3) is 0 Å². The minimum atomic E-state index is -0.247. The van der Waals surface area contributed by atoms with Crippen LogP contribution in [-0.4, -0.2) is 31.7 Å². The lowest BCUT2D eigenvalue weighted by Crippen LogP contribution is -2.35. The van der Waals surface area contributed by atoms with Crippen molar-refractivity contribution in [2.45, 2.75) is 39.3 Å². The first-order valence-corrected chi connectivity index (χ1v) is 9.41. The Hall–Kier alpha value is -2.86. The van der Waals surface area contributed by atoms with E-state index < -0.39 is 0 Å². The fourth-order valence-electron chi connectivity index (χ4n) is 2.76. The minimum absolute atomic E-state index is 0.0298. The molecule has 3 amide bonds. The third kappa shape index (κ3) is 7.80. The van der Waals surface area contributed by atoms with E-state index in [4.69, 9.17) is 4.74 Å². The van der Waals surface area contributed by atoms with Gasteiger partial charge >= 0.3 is 6.03 Å². The van der Waals surface area contributed by atoms with Crippen LogP contribution in [0.2, 0.25) is 0 Å². The first-order valence-electron chi connectivity index (χ1n) is 9.41. The highest BCUT2D eigenvalue weighted by molar-refractivity contribution is 5.80. The number of benzene rings is 1. The number of hydrogen-bond donors (Lipinski definition) is 3. The molecule has 6 nitrogen and oxygen atoms in total. The van der Waals surface area contributed by atoms with Gasteiger partial charge in [-0.25, -0.2) is 4.79 Å². The van der Waals surface area contributed by atoms with E-state index in [1.54, 1.807) is 7.11 Å². The van der Waals surface area contributed by atoms with E-state index in [-0.39, 0.29) is 24.4 Å². The Balaban J connectivity index is 1.82. The predicted molar refractivity (Wildman–Crippen MR) is 111 cm³/mol. The predicted octanol–water partition coefficient (Wildman–Crippen LogP) is 3.11. The maximum absolute atomic E-state index is 12.1. The molecule has 150 valence electrons. The van der Waals surface area contributed by atoms with E-state index >= 15 is 0 Å². The number of methoxy groups -OCH3 is 1. The molecule has 2 rings (SSSR count). The molecule has 0 fully saturated rings. The standard InChI is InChI=1S/C22H29N3O3/c1-16-7-9-19(10-8-16)14-23-22(27)25-20-6-4-5-18(11-12-20)13-21(26)24-17(2)15-28-3/h4-5,7-12,17H,6,13-15H2,1-3H3,(H,24,26)(H2,23,25,27). The molecule has 28 heavy (non-hydrogen) atoms. The van der Waals surface area contributed by atoms with Crippen molar-refractivity contribution in [1.29, 1.82) is 0 Å². The summed E-state index contributed by atoms with van der Waals surface area (Å²) in [5.41, 5.74) is 3.90. The highest BCUT2D eigenvalue weighted by Crippen LogP contribution is 2.12. The minimum Gasteiger partial charge on any atom is -0.383 e. The Bertz CT molecular complexity index is 764. The first-order chi connectivity index (χ1) is 13.5. The Morgan fingerprint density at radius 2 is 1.93 bits per heavy atom. The number of aryl methyl sites for hydroxylation is 1. The summed E-state index contributed by atoms with van der Waals surface area (Å²) in [5.74, 6) is -0.0545. The normalized spacial score (nSPS) is 14.4. The molecule has 1 aromatic rings. The number of hydrogen-bond acceptors (Lipinski definition) is 3. The van der Waals surface area contributed by atoms with Crippen molar-refractivity contribution in [1.82, 2.24) is 16.0 Å². The summed E-state index contributed by atoms with van der Waals surface area (Å²) < 4.78 is 5.02. The Labute approximate surface area is 166 Å². The Kier molecular flexibility index (Phi) is 8.49. The third-order valence-electron chi connectivity index (χ3n) is 4.20. The van der Waals surface area contributed by atoms with Crippen LogP contribution in [0.15, 0.2) is 59.8 Å². The third-order valence-corrected chi connectivity index (χ3v) is 4.20. The second-order valence-corrected chi connectivity index (χ2v) is 6.93. The molecule has 0 saturated carbocycles. The fraction of sp³-hybridized carbons (Fsp3) is 0.364. The van der Waals surface area contributed by atoms with Gasteiger partial charge in [-0.2, -0.15) is 0 Å². The molecule has 0 radical (unpaired) electrons. The summed E-state index contributed by atoms with van der Waals surface area (Å²) >= 11 is 0. The molecular formula is C22H29N3O3. The van der Waals surface area contributed by atoms with Crippen molar-refractivity contribution >= 4 is 11.9 Å². The SMILES string of the molecule is COCC(C)NC(=O)CC1=CC=C(NC(=O)NCc2ccc(C)cc2)CC=C1. The number of urea groups is 1. The van der Waals surface area contributed by atoms with Gasteiger partial charge in [0.2, 0.25) is 5.91 Å². The van der Waals surface area contributed by atoms with Crippen molar-refractivity contribution < 1.29 is 14.3 Å². The van der Waals surface area contributed by atoms with Crippen LogP contribution in [-0.2, 0) is 16.1 Å². The molecule has 0 bridgehead atoms. The lowest BCUT2D eigenvalue weighted by Gasteiger charge is -2.12. The van der Waals surface area contributed by atoms with E-state index in [0.717, 1.165) is 16.8 Å². The van der Waals surface area contributed by atoms with Crippen molar-refractivity contribution in [3.8, 4) is 0 Å². The average Bonchev–Trinajstić information content (AvgIpc) is 2.86. The molecule has 3 N–H and O–H groups in total. The fourth-order valence-corrected chi connectivity index (χ4v) is 2.76. The van der Waals surface area contributed by atoms with Gasteiger partial charge in [0.25, 0.3) is 0 Å². The highest BCUT2D eigenvalue weighted by Gasteiger charge is 2.10. The highest BCUT2D eigenvalue weighted by atomic mass is 16.5. The van der Waals surface area contributed by atoms with Crippen molar-refractivity contribution in [2.24, 2.45) is 0 Å². The molecule has 0 aromatic heterocycles. The van der Waals surface area contributed by atoms with Crippen molar-refractivity contribution in [2.75, 3.05) is 13.7 Å². The summed E-state index contributed by atoms with van der Waals surface area (Å²) in [6.45, 7) is 4.87. The van der Waals surface area contributed by atoms with Crippen molar-refractivity contribution in [3.05, 3.63) is 71.0 Å². The summed E-state index contributed by atoms with van der Waals surface area (Å²) in [5, 5.41) is 8.60. The lowest BCUT2D eigenvalue weighted by atomic mass is 10.1. The van der Waals surface area contributed by atoms with Crippen LogP contribution in [0, 0.1) is 6.92 Å². The monoisotopic (exact) mass is 383 g/mol. The van der Waals surface area contributed by atoms with E-state index in [1.807, 2.05) is 62.4 Å². The van der Waals surface area contributed by atoms with Gasteiger partial charge in [-0.1, -0.05) is 48.1 Å². The quantitative estimate of drug-likeness (QED) is 0.645. The number of ether oxygens (including phenoxy) is 1. The average molecular weight is 383 g/mol. The van der Waals surface area contributed by atoms with Gasteiger partial charge < -0.3 is 20.7 Å². The van der Waals surface area contributed by atoms with Crippen LogP contribution in [0.5, 0.6) is 0 Å². The molecular weight excluding hydrogens is 354 g/mol. The van der Waals surface area contributed by atoms with E-state index in [2.05, 4.69) is 16.0 Å². The molecule has 1 unspecified atom stereocenters. The maximum Gasteiger partial charge on any atom is 0.319 e. The molecule has 1 aliphatic rings. The number of amides is 3. The largest absolute Gasteiger partial charge is 0.383 e. The number of nitrogens with one attached hydrogen (secondary N) is 3. The zero-order chi connectivity index (χ0) is 20.4. The molecule has 0 heterocycles. The van der Waals surface area contributed by atoms with Crippen LogP contribution >= 0.6 is 0 Å². The summed E-state index contributed by atoms with van der Waals surface area (Å²) in [7, 11) is 1.61. The lowest BCUT2D eigenvalue weighted by molar-refractivity contribution is -0.121. The molecule has 0 spiro atoms. The molecule has 0 aliphatic heterocycles. The summed E-state index contributed by atoms with van der Waals surface area (Å²) in [4.78, 5) is 24.2. The second kappa shape index (κ2) is 11.1. The molecule has 1 aliphatic carbocycles. The van der Waals surface area contributed by atoms with Gasteiger partial charge in [0.05, 0.1) is 13.0 Å². The number of rotatable bonds is 8. The Morgan fingerprint density at radius 1 is 1.18 bits per heavy atom. The van der Waals surface area contributed by atoms with Crippen LogP contribution in [0.3, 0.4) is 0 Å². The van der Waals surface area contributed by atoms with Gasteiger partial charge in [0, 0.05) is 31.8 Å². The number of carbonyl (C=O) groups is 2. The first kappa shape index (κ1) is 21.4. The van der Waals surface area contributed by atoms with Gasteiger partial charge in [0.1, 0.15) is 0 Å².